The van der Waals surface area contributed by atoms with Gasteiger partial charge in [-0.2, -0.15) is 9.97 Å². The third-order valence-electron chi connectivity index (χ3n) is 14.0. The number of fused-ring (bicyclic) bond motifs is 6. The average Bonchev–Trinajstić information content (AvgIpc) is 4.07. The summed E-state index contributed by atoms with van der Waals surface area (Å²) in [6.45, 7) is 0. The van der Waals surface area contributed by atoms with E-state index >= 15 is 0 Å². The van der Waals surface area contributed by atoms with Crippen LogP contribution in [0.25, 0.3) is 145 Å². The number of furan rings is 2. The Morgan fingerprint density at radius 1 is 0.216 bits per heavy atom. The summed E-state index contributed by atoms with van der Waals surface area (Å²) in [6.07, 6.45) is 0. The number of nitrogens with zero attached hydrogens (tertiary/aromatic N) is 4. The minimum atomic E-state index is 0.561. The molecule has 6 nitrogen and oxygen atoms in total. The lowest BCUT2D eigenvalue weighted by Crippen LogP contribution is -1.94. The lowest BCUT2D eigenvalue weighted by atomic mass is 9.94. The van der Waals surface area contributed by atoms with Crippen LogP contribution in [0.4, 0.5) is 0 Å². The monoisotopic (exact) mass is 946 g/mol. The van der Waals surface area contributed by atoms with E-state index in [4.69, 9.17) is 28.8 Å². The van der Waals surface area contributed by atoms with Crippen LogP contribution in [0.5, 0.6) is 0 Å². The van der Waals surface area contributed by atoms with Crippen molar-refractivity contribution in [2.45, 2.75) is 0 Å². The van der Waals surface area contributed by atoms with Crippen LogP contribution in [0, 0.1) is 0 Å². The summed E-state index contributed by atoms with van der Waals surface area (Å²) in [5.41, 5.74) is 19.3. The number of aromatic nitrogens is 4. The van der Waals surface area contributed by atoms with E-state index in [2.05, 4.69) is 206 Å². The highest BCUT2D eigenvalue weighted by molar-refractivity contribution is 6.12. The van der Waals surface area contributed by atoms with Gasteiger partial charge in [-0.3, -0.25) is 0 Å². The van der Waals surface area contributed by atoms with Gasteiger partial charge in [0.05, 0.1) is 22.2 Å². The lowest BCUT2D eigenvalue weighted by Gasteiger charge is -2.11. The van der Waals surface area contributed by atoms with Crippen molar-refractivity contribution in [1.29, 1.82) is 0 Å². The van der Waals surface area contributed by atoms with Crippen molar-refractivity contribution in [2.24, 2.45) is 0 Å². The molecule has 0 radical (unpaired) electrons. The van der Waals surface area contributed by atoms with Gasteiger partial charge in [-0.1, -0.05) is 218 Å². The first-order chi connectivity index (χ1) is 36.6. The highest BCUT2D eigenvalue weighted by atomic mass is 16.3. The van der Waals surface area contributed by atoms with Crippen molar-refractivity contribution in [3.05, 3.63) is 255 Å². The van der Waals surface area contributed by atoms with E-state index < -0.39 is 0 Å². The fourth-order valence-corrected chi connectivity index (χ4v) is 10.3. The summed E-state index contributed by atoms with van der Waals surface area (Å²) in [5, 5.41) is 3.77. The fourth-order valence-electron chi connectivity index (χ4n) is 10.3. The van der Waals surface area contributed by atoms with E-state index in [1.54, 1.807) is 0 Å². The standard InChI is InChI=1S/C68H42N4O2/c1-3-15-43(16-4-1)45-31-35-47(36-32-45)63-61-57-27-7-9-29-59(57)73-67(61)72-66(69-63)56-26-14-24-54(42-56)52-22-12-20-50(40-52)49-19-11-21-51(39-49)53-23-13-25-55(41-53)64-62-58-28-8-10-30-60(58)74-68(62)71-65(70-64)48-37-33-46(34-38-48)44-17-5-2-6-18-44/h1-42H. The number of rotatable bonds is 9. The molecule has 74 heavy (non-hydrogen) atoms. The maximum atomic E-state index is 6.42. The number of benzene rings is 10. The highest BCUT2D eigenvalue weighted by Crippen LogP contribution is 2.40. The molecule has 0 aliphatic heterocycles. The number of para-hydroxylation sites is 2. The molecule has 14 rings (SSSR count). The average molecular weight is 947 g/mol. The van der Waals surface area contributed by atoms with Crippen LogP contribution in [0.1, 0.15) is 0 Å². The number of hydrogen-bond donors (Lipinski definition) is 0. The third kappa shape index (κ3) is 7.79. The molecule has 0 N–H and O–H groups in total. The van der Waals surface area contributed by atoms with E-state index in [0.717, 1.165) is 116 Å². The first-order valence-electron chi connectivity index (χ1n) is 24.8. The van der Waals surface area contributed by atoms with Crippen LogP contribution < -0.4 is 0 Å². The Bertz CT molecular complexity index is 4410. The van der Waals surface area contributed by atoms with Crippen LogP contribution in [-0.4, -0.2) is 19.9 Å². The van der Waals surface area contributed by atoms with Crippen LogP contribution in [0.15, 0.2) is 264 Å². The summed E-state index contributed by atoms with van der Waals surface area (Å²) in [6, 6.07) is 88.6. The molecule has 0 saturated heterocycles. The van der Waals surface area contributed by atoms with E-state index in [1.807, 2.05) is 48.5 Å². The van der Waals surface area contributed by atoms with E-state index in [1.165, 1.54) is 5.56 Å². The maximum Gasteiger partial charge on any atom is 0.231 e. The van der Waals surface area contributed by atoms with Crippen LogP contribution in [-0.2, 0) is 0 Å². The second-order valence-corrected chi connectivity index (χ2v) is 18.6. The largest absolute Gasteiger partial charge is 0.438 e. The van der Waals surface area contributed by atoms with Gasteiger partial charge in [-0.15, -0.1) is 0 Å². The van der Waals surface area contributed by atoms with Crippen molar-refractivity contribution in [3.8, 4) is 101 Å². The molecule has 0 fully saturated rings. The zero-order valence-electron chi connectivity index (χ0n) is 39.9. The van der Waals surface area contributed by atoms with Gasteiger partial charge in [0.25, 0.3) is 0 Å². The molecule has 0 spiro atoms. The SMILES string of the molecule is c1ccc(-c2ccc(-c3nc(-c4cccc(-c5cccc(-c6cccc(-c7cccc(-c8nc(-c9ccc(-c%10ccccc%10)cc9)c9c(n8)oc8ccccc89)c7)c6)c5)c4)c4c(n3)oc3ccccc34)cc2)cc1. The van der Waals surface area contributed by atoms with Crippen LogP contribution in [0.3, 0.4) is 0 Å². The fraction of sp³-hybridized carbons (Fsp3) is 0. The van der Waals surface area contributed by atoms with E-state index in [0.29, 0.717) is 23.1 Å². The zero-order chi connectivity index (χ0) is 49.0. The van der Waals surface area contributed by atoms with Gasteiger partial charge in [-0.05, 0) is 92.0 Å². The van der Waals surface area contributed by atoms with Gasteiger partial charge in [-0.25, -0.2) is 9.97 Å². The van der Waals surface area contributed by atoms with E-state index in [9.17, 15) is 0 Å². The Labute approximate surface area is 426 Å². The highest BCUT2D eigenvalue weighted by Gasteiger charge is 2.21. The Balaban J connectivity index is 0.797. The van der Waals surface area contributed by atoms with Crippen LogP contribution >= 0.6 is 0 Å². The second kappa shape index (κ2) is 18.0. The van der Waals surface area contributed by atoms with E-state index in [-0.39, 0.29) is 0 Å². The molecular formula is C68H42N4O2. The normalized spacial score (nSPS) is 11.5. The molecule has 0 atom stereocenters. The second-order valence-electron chi connectivity index (χ2n) is 18.6. The molecule has 0 saturated carbocycles. The predicted octanol–water partition coefficient (Wildman–Crippen LogP) is 18.1. The summed E-state index contributed by atoms with van der Waals surface area (Å²) < 4.78 is 12.8. The molecule has 6 heteroatoms. The topological polar surface area (TPSA) is 77.8 Å². The Morgan fingerprint density at radius 2 is 0.527 bits per heavy atom. The molecule has 346 valence electrons. The molecule has 4 heterocycles. The van der Waals surface area contributed by atoms with Crippen molar-refractivity contribution in [2.75, 3.05) is 0 Å². The van der Waals surface area contributed by atoms with Crippen molar-refractivity contribution in [3.63, 3.8) is 0 Å². The summed E-state index contributed by atoms with van der Waals surface area (Å²) in [7, 11) is 0. The van der Waals surface area contributed by atoms with Gasteiger partial charge in [0, 0.05) is 33.0 Å². The van der Waals surface area contributed by atoms with Gasteiger partial charge in [0.15, 0.2) is 11.6 Å². The smallest absolute Gasteiger partial charge is 0.231 e. The van der Waals surface area contributed by atoms with Gasteiger partial charge in [0.1, 0.15) is 11.2 Å². The Hall–Kier alpha value is -10.0. The molecule has 4 aromatic heterocycles. The van der Waals surface area contributed by atoms with Crippen LogP contribution in [0.2, 0.25) is 0 Å². The Kier molecular flexibility index (Phi) is 10.4. The molecule has 0 aliphatic rings. The predicted molar refractivity (Wildman–Crippen MR) is 301 cm³/mol. The quantitative estimate of drug-likeness (QED) is 0.143. The van der Waals surface area contributed by atoms with Crippen molar-refractivity contribution in [1.82, 2.24) is 19.9 Å². The van der Waals surface area contributed by atoms with Crippen molar-refractivity contribution < 1.29 is 8.83 Å². The summed E-state index contributed by atoms with van der Waals surface area (Å²) >= 11 is 0. The van der Waals surface area contributed by atoms with Gasteiger partial charge >= 0.3 is 0 Å². The summed E-state index contributed by atoms with van der Waals surface area (Å²) in [4.78, 5) is 20.7. The molecule has 0 unspecified atom stereocenters. The molecule has 0 aliphatic carbocycles. The molecule has 0 bridgehead atoms. The molecule has 14 aromatic rings. The molecule has 10 aromatic carbocycles. The Morgan fingerprint density at radius 3 is 1.00 bits per heavy atom. The minimum Gasteiger partial charge on any atom is -0.438 e. The maximum absolute atomic E-state index is 6.42. The first kappa shape index (κ1) is 42.8. The van der Waals surface area contributed by atoms with Gasteiger partial charge in [0.2, 0.25) is 11.4 Å². The number of hydrogen-bond acceptors (Lipinski definition) is 6. The molecule has 0 amide bonds. The van der Waals surface area contributed by atoms with Crippen molar-refractivity contribution >= 4 is 44.1 Å². The summed E-state index contributed by atoms with van der Waals surface area (Å²) in [5.74, 6) is 1.21. The lowest BCUT2D eigenvalue weighted by molar-refractivity contribution is 0.653. The van der Waals surface area contributed by atoms with Gasteiger partial charge < -0.3 is 8.83 Å². The third-order valence-corrected chi connectivity index (χ3v) is 14.0. The zero-order valence-corrected chi connectivity index (χ0v) is 39.9. The minimum absolute atomic E-state index is 0.561. The first-order valence-corrected chi connectivity index (χ1v) is 24.8. The molecular weight excluding hydrogens is 905 g/mol.